The molecule has 1 amide bonds. The number of carbonyl (C=O) groups is 1. The molecule has 23 heavy (non-hydrogen) atoms. The first kappa shape index (κ1) is 18.0. The van der Waals surface area contributed by atoms with Gasteiger partial charge in [0, 0.05) is 40.4 Å². The van der Waals surface area contributed by atoms with Crippen molar-refractivity contribution in [3.8, 4) is 0 Å². The highest BCUT2D eigenvalue weighted by Gasteiger charge is 2.32. The predicted molar refractivity (Wildman–Crippen MR) is 86.5 cm³/mol. The van der Waals surface area contributed by atoms with E-state index in [1.54, 1.807) is 14.2 Å². The van der Waals surface area contributed by atoms with Crippen LogP contribution < -0.4 is 10.6 Å². The zero-order valence-corrected chi connectivity index (χ0v) is 14.0. The summed E-state index contributed by atoms with van der Waals surface area (Å²) in [6.45, 7) is 4.16. The highest BCUT2D eigenvalue weighted by Crippen LogP contribution is 2.20. The van der Waals surface area contributed by atoms with Crippen LogP contribution in [0.25, 0.3) is 0 Å². The third-order valence-electron chi connectivity index (χ3n) is 4.02. The number of hydrogen-bond donors (Lipinski definition) is 2. The largest absolute Gasteiger partial charge is 0.383 e. The van der Waals surface area contributed by atoms with Gasteiger partial charge in [-0.3, -0.25) is 9.79 Å². The van der Waals surface area contributed by atoms with E-state index >= 15 is 0 Å². The summed E-state index contributed by atoms with van der Waals surface area (Å²) in [5.41, 5.74) is 0. The second-order valence-electron chi connectivity index (χ2n) is 5.65. The third kappa shape index (κ3) is 5.63. The number of carbonyl (C=O) groups excluding carboxylic acids is 1. The molecule has 8 nitrogen and oxygen atoms in total. The van der Waals surface area contributed by atoms with Crippen molar-refractivity contribution in [3.63, 3.8) is 0 Å². The fourth-order valence-electron chi connectivity index (χ4n) is 2.84. The minimum absolute atomic E-state index is 0.0697. The summed E-state index contributed by atoms with van der Waals surface area (Å²) >= 11 is 0. The van der Waals surface area contributed by atoms with Crippen molar-refractivity contribution in [1.82, 2.24) is 15.5 Å². The standard InChI is InChI=1S/C15H28N4O4/c1-16-15(18-10-14(20)17-5-8-21-2)19-6-9-23-13(11-19)12-4-3-7-22-12/h12-13H,3-11H2,1-2H3,(H,16,18)(H,17,20). The van der Waals surface area contributed by atoms with Crippen LogP contribution in [0.2, 0.25) is 0 Å². The summed E-state index contributed by atoms with van der Waals surface area (Å²) in [7, 11) is 3.33. The number of ether oxygens (including phenoxy) is 3. The molecule has 2 rings (SSSR count). The topological polar surface area (TPSA) is 84.4 Å². The van der Waals surface area contributed by atoms with E-state index < -0.39 is 0 Å². The summed E-state index contributed by atoms with van der Waals surface area (Å²) in [5.74, 6) is 0.644. The summed E-state index contributed by atoms with van der Waals surface area (Å²) < 4.78 is 16.5. The minimum Gasteiger partial charge on any atom is -0.383 e. The molecule has 2 unspecified atom stereocenters. The van der Waals surface area contributed by atoms with Crippen molar-refractivity contribution < 1.29 is 19.0 Å². The molecule has 2 saturated heterocycles. The van der Waals surface area contributed by atoms with Crippen molar-refractivity contribution in [1.29, 1.82) is 0 Å². The van der Waals surface area contributed by atoms with Crippen LogP contribution in [-0.4, -0.2) is 89.1 Å². The molecule has 0 aliphatic carbocycles. The number of nitrogens with one attached hydrogen (secondary N) is 2. The van der Waals surface area contributed by atoms with Gasteiger partial charge in [0.1, 0.15) is 6.10 Å². The second-order valence-corrected chi connectivity index (χ2v) is 5.65. The van der Waals surface area contributed by atoms with E-state index in [4.69, 9.17) is 14.2 Å². The Morgan fingerprint density at radius 3 is 2.83 bits per heavy atom. The molecule has 132 valence electrons. The first-order valence-corrected chi connectivity index (χ1v) is 8.19. The Bertz CT molecular complexity index is 399. The van der Waals surface area contributed by atoms with Gasteiger partial charge in [-0.1, -0.05) is 0 Å². The van der Waals surface area contributed by atoms with E-state index in [0.29, 0.717) is 19.8 Å². The maximum Gasteiger partial charge on any atom is 0.239 e. The number of methoxy groups -OCH3 is 1. The SMILES string of the molecule is CN=C(NCC(=O)NCCOC)N1CCOC(C2CCCO2)C1. The van der Waals surface area contributed by atoms with Crippen molar-refractivity contribution in [2.24, 2.45) is 4.99 Å². The second kappa shape index (κ2) is 9.69. The summed E-state index contributed by atoms with van der Waals surface area (Å²) in [5, 5.41) is 5.88. The van der Waals surface area contributed by atoms with Crippen LogP contribution in [0.5, 0.6) is 0 Å². The monoisotopic (exact) mass is 328 g/mol. The molecule has 2 fully saturated rings. The molecule has 0 radical (unpaired) electrons. The Labute approximate surface area is 137 Å². The van der Waals surface area contributed by atoms with E-state index in [-0.39, 0.29) is 24.7 Å². The van der Waals surface area contributed by atoms with Gasteiger partial charge in [-0.15, -0.1) is 0 Å². The zero-order chi connectivity index (χ0) is 16.5. The number of guanidine groups is 1. The molecular formula is C15H28N4O4. The van der Waals surface area contributed by atoms with E-state index in [0.717, 1.165) is 38.5 Å². The van der Waals surface area contributed by atoms with Gasteiger partial charge in [-0.05, 0) is 12.8 Å². The van der Waals surface area contributed by atoms with Crippen LogP contribution in [0.3, 0.4) is 0 Å². The Hall–Kier alpha value is -1.38. The van der Waals surface area contributed by atoms with Gasteiger partial charge in [0.25, 0.3) is 0 Å². The molecule has 2 aliphatic rings. The van der Waals surface area contributed by atoms with Crippen LogP contribution in [0.15, 0.2) is 4.99 Å². The Morgan fingerprint density at radius 2 is 2.13 bits per heavy atom. The van der Waals surface area contributed by atoms with Gasteiger partial charge < -0.3 is 29.7 Å². The van der Waals surface area contributed by atoms with E-state index in [1.165, 1.54) is 0 Å². The van der Waals surface area contributed by atoms with Crippen LogP contribution in [0, 0.1) is 0 Å². The Morgan fingerprint density at radius 1 is 1.30 bits per heavy atom. The highest BCUT2D eigenvalue weighted by molar-refractivity contribution is 5.86. The number of morpholine rings is 1. The zero-order valence-electron chi connectivity index (χ0n) is 14.0. The Kier molecular flexibility index (Phi) is 7.57. The van der Waals surface area contributed by atoms with Crippen LogP contribution in [-0.2, 0) is 19.0 Å². The summed E-state index contributed by atoms with van der Waals surface area (Å²) in [6, 6.07) is 0. The molecule has 0 aromatic rings. The molecule has 0 aromatic carbocycles. The lowest BCUT2D eigenvalue weighted by molar-refractivity contribution is -0.120. The van der Waals surface area contributed by atoms with Crippen molar-refractivity contribution in [3.05, 3.63) is 0 Å². The molecule has 2 atom stereocenters. The van der Waals surface area contributed by atoms with Crippen LogP contribution >= 0.6 is 0 Å². The number of hydrogen-bond acceptors (Lipinski definition) is 5. The molecule has 0 saturated carbocycles. The summed E-state index contributed by atoms with van der Waals surface area (Å²) in [4.78, 5) is 18.1. The molecule has 0 aromatic heterocycles. The van der Waals surface area contributed by atoms with Crippen LogP contribution in [0.4, 0.5) is 0 Å². The number of amides is 1. The minimum atomic E-state index is -0.0767. The van der Waals surface area contributed by atoms with Gasteiger partial charge in [0.05, 0.1) is 25.9 Å². The number of aliphatic imine (C=N–C) groups is 1. The lowest BCUT2D eigenvalue weighted by Crippen LogP contribution is -2.54. The predicted octanol–water partition coefficient (Wildman–Crippen LogP) is -0.796. The number of nitrogens with zero attached hydrogens (tertiary/aromatic N) is 2. The van der Waals surface area contributed by atoms with Gasteiger partial charge in [-0.25, -0.2) is 0 Å². The molecule has 8 heteroatoms. The fourth-order valence-corrected chi connectivity index (χ4v) is 2.84. The van der Waals surface area contributed by atoms with E-state index in [1.807, 2.05) is 0 Å². The highest BCUT2D eigenvalue weighted by atomic mass is 16.5. The third-order valence-corrected chi connectivity index (χ3v) is 4.02. The lowest BCUT2D eigenvalue weighted by atomic mass is 10.1. The molecular weight excluding hydrogens is 300 g/mol. The quantitative estimate of drug-likeness (QED) is 0.377. The van der Waals surface area contributed by atoms with Crippen molar-refractivity contribution in [2.45, 2.75) is 25.0 Å². The maximum atomic E-state index is 11.7. The first-order chi connectivity index (χ1) is 11.2. The molecule has 2 N–H and O–H groups in total. The van der Waals surface area contributed by atoms with Gasteiger partial charge in [0.2, 0.25) is 5.91 Å². The average molecular weight is 328 g/mol. The first-order valence-electron chi connectivity index (χ1n) is 8.19. The fraction of sp³-hybridized carbons (Fsp3) is 0.867. The van der Waals surface area contributed by atoms with Gasteiger partial charge in [-0.2, -0.15) is 0 Å². The molecule has 0 bridgehead atoms. The van der Waals surface area contributed by atoms with Gasteiger partial charge in [0.15, 0.2) is 5.96 Å². The van der Waals surface area contributed by atoms with Gasteiger partial charge >= 0.3 is 0 Å². The van der Waals surface area contributed by atoms with Crippen LogP contribution in [0.1, 0.15) is 12.8 Å². The average Bonchev–Trinajstić information content (AvgIpc) is 3.10. The summed E-state index contributed by atoms with van der Waals surface area (Å²) in [6.07, 6.45) is 2.39. The molecule has 0 spiro atoms. The van der Waals surface area contributed by atoms with E-state index in [9.17, 15) is 4.79 Å². The molecule has 2 heterocycles. The molecule has 2 aliphatic heterocycles. The lowest BCUT2D eigenvalue weighted by Gasteiger charge is -2.37. The number of rotatable bonds is 6. The van der Waals surface area contributed by atoms with Crippen molar-refractivity contribution in [2.75, 3.05) is 60.2 Å². The maximum absolute atomic E-state index is 11.7. The van der Waals surface area contributed by atoms with Crippen molar-refractivity contribution >= 4 is 11.9 Å². The smallest absolute Gasteiger partial charge is 0.239 e. The Balaban J connectivity index is 1.77. The normalized spacial score (nSPS) is 25.5. The van der Waals surface area contributed by atoms with E-state index in [2.05, 4.69) is 20.5 Å².